The zero-order valence-corrected chi connectivity index (χ0v) is 13.1. The van der Waals surface area contributed by atoms with Gasteiger partial charge in [0.05, 0.1) is 13.2 Å². The molecular weight excluding hydrogens is 272 g/mol. The summed E-state index contributed by atoms with van der Waals surface area (Å²) in [6, 6.07) is 5.68. The first-order valence-electron chi connectivity index (χ1n) is 7.06. The number of ether oxygens (including phenoxy) is 2. The van der Waals surface area contributed by atoms with Crippen LogP contribution in [0.1, 0.15) is 38.4 Å². The van der Waals surface area contributed by atoms with Crippen molar-refractivity contribution < 1.29 is 14.6 Å². The Morgan fingerprint density at radius 3 is 2.85 bits per heavy atom. The van der Waals surface area contributed by atoms with Crippen LogP contribution >= 0.6 is 11.8 Å². The van der Waals surface area contributed by atoms with E-state index in [4.69, 9.17) is 9.47 Å². The van der Waals surface area contributed by atoms with Gasteiger partial charge in [0.25, 0.3) is 0 Å². The van der Waals surface area contributed by atoms with Crippen LogP contribution in [-0.2, 0) is 0 Å². The van der Waals surface area contributed by atoms with Crippen LogP contribution in [0, 0.1) is 5.41 Å². The molecule has 1 saturated heterocycles. The van der Waals surface area contributed by atoms with E-state index in [0.717, 1.165) is 35.0 Å². The third kappa shape index (κ3) is 2.51. The maximum absolute atomic E-state index is 10.5. The van der Waals surface area contributed by atoms with Crippen LogP contribution in [0.3, 0.4) is 0 Å². The molecule has 1 aromatic rings. The summed E-state index contributed by atoms with van der Waals surface area (Å²) >= 11 is 1.93. The second-order valence-electron chi connectivity index (χ2n) is 6.74. The van der Waals surface area contributed by atoms with E-state index in [1.807, 2.05) is 30.0 Å². The molecule has 0 aromatic heterocycles. The van der Waals surface area contributed by atoms with Crippen LogP contribution in [0.15, 0.2) is 18.2 Å². The van der Waals surface area contributed by atoms with Crippen molar-refractivity contribution in [2.45, 2.75) is 38.4 Å². The molecular formula is C16H22O3S. The fourth-order valence-corrected chi connectivity index (χ4v) is 4.83. The van der Waals surface area contributed by atoms with Crippen molar-refractivity contribution in [3.8, 4) is 11.5 Å². The maximum Gasteiger partial charge on any atom is 0.129 e. The Morgan fingerprint density at radius 2 is 2.15 bits per heavy atom. The quantitative estimate of drug-likeness (QED) is 0.861. The molecule has 2 atom stereocenters. The maximum atomic E-state index is 10.5. The molecule has 2 aliphatic heterocycles. The third-order valence-corrected chi connectivity index (χ3v) is 5.85. The van der Waals surface area contributed by atoms with Crippen molar-refractivity contribution in [1.82, 2.24) is 0 Å². The zero-order chi connectivity index (χ0) is 14.4. The molecule has 2 unspecified atom stereocenters. The standard InChI is InChI=1S/C16H22O3S/c1-15(2)8-16(10-20-9-15)7-13(17)12-5-4-11(18-3)6-14(12)19-16/h4-6,13,17H,7-10H2,1-3H3. The second kappa shape index (κ2) is 4.85. The Bertz CT molecular complexity index is 514. The SMILES string of the molecule is COc1ccc2c(c1)OC1(CSCC(C)(C)C1)CC2O. The molecule has 3 rings (SSSR count). The van der Waals surface area contributed by atoms with Gasteiger partial charge in [-0.3, -0.25) is 0 Å². The molecule has 110 valence electrons. The van der Waals surface area contributed by atoms with E-state index in [1.165, 1.54) is 0 Å². The summed E-state index contributed by atoms with van der Waals surface area (Å²) in [7, 11) is 1.65. The predicted molar refractivity (Wildman–Crippen MR) is 81.7 cm³/mol. The lowest BCUT2D eigenvalue weighted by atomic mass is 9.77. The zero-order valence-electron chi connectivity index (χ0n) is 12.3. The van der Waals surface area contributed by atoms with Crippen LogP contribution in [0.2, 0.25) is 0 Å². The average Bonchev–Trinajstić information content (AvgIpc) is 2.36. The number of benzene rings is 1. The van der Waals surface area contributed by atoms with E-state index in [1.54, 1.807) is 7.11 Å². The van der Waals surface area contributed by atoms with E-state index in [2.05, 4.69) is 13.8 Å². The van der Waals surface area contributed by atoms with Gasteiger partial charge in [-0.2, -0.15) is 11.8 Å². The average molecular weight is 294 g/mol. The number of thioether (sulfide) groups is 1. The van der Waals surface area contributed by atoms with E-state index >= 15 is 0 Å². The van der Waals surface area contributed by atoms with Gasteiger partial charge >= 0.3 is 0 Å². The molecule has 1 aromatic carbocycles. The number of aliphatic hydroxyl groups is 1. The topological polar surface area (TPSA) is 38.7 Å². The van der Waals surface area contributed by atoms with Gasteiger partial charge in [-0.1, -0.05) is 13.8 Å². The van der Waals surface area contributed by atoms with Gasteiger partial charge in [-0.25, -0.2) is 0 Å². The lowest BCUT2D eigenvalue weighted by molar-refractivity contribution is -0.0256. The van der Waals surface area contributed by atoms with Crippen LogP contribution in [0.4, 0.5) is 0 Å². The number of hydrogen-bond acceptors (Lipinski definition) is 4. The van der Waals surface area contributed by atoms with Crippen LogP contribution in [-0.4, -0.2) is 29.3 Å². The van der Waals surface area contributed by atoms with Gasteiger partial charge < -0.3 is 14.6 Å². The summed E-state index contributed by atoms with van der Waals surface area (Å²) in [6.45, 7) is 4.55. The minimum atomic E-state index is -0.445. The van der Waals surface area contributed by atoms with Crippen molar-refractivity contribution in [1.29, 1.82) is 0 Å². The highest BCUT2D eigenvalue weighted by atomic mass is 32.2. The van der Waals surface area contributed by atoms with Crippen molar-refractivity contribution in [2.24, 2.45) is 5.41 Å². The highest BCUT2D eigenvalue weighted by Gasteiger charge is 2.46. The molecule has 2 heterocycles. The first kappa shape index (κ1) is 14.1. The highest BCUT2D eigenvalue weighted by molar-refractivity contribution is 7.99. The largest absolute Gasteiger partial charge is 0.497 e. The van der Waals surface area contributed by atoms with E-state index in [-0.39, 0.29) is 11.0 Å². The summed E-state index contributed by atoms with van der Waals surface area (Å²) in [4.78, 5) is 0. The van der Waals surface area contributed by atoms with Gasteiger partial charge in [-0.05, 0) is 29.7 Å². The normalized spacial score (nSPS) is 31.5. The Morgan fingerprint density at radius 1 is 1.35 bits per heavy atom. The van der Waals surface area contributed by atoms with Gasteiger partial charge in [0.15, 0.2) is 0 Å². The fraction of sp³-hybridized carbons (Fsp3) is 0.625. The van der Waals surface area contributed by atoms with E-state index < -0.39 is 6.10 Å². The van der Waals surface area contributed by atoms with Crippen LogP contribution in [0.25, 0.3) is 0 Å². The first-order valence-corrected chi connectivity index (χ1v) is 8.21. The van der Waals surface area contributed by atoms with Crippen LogP contribution < -0.4 is 9.47 Å². The molecule has 0 amide bonds. The minimum Gasteiger partial charge on any atom is -0.497 e. The van der Waals surface area contributed by atoms with Gasteiger partial charge in [0.1, 0.15) is 17.1 Å². The van der Waals surface area contributed by atoms with Gasteiger partial charge in [0, 0.05) is 23.8 Å². The Kier molecular flexibility index (Phi) is 3.41. The number of methoxy groups -OCH3 is 1. The monoisotopic (exact) mass is 294 g/mol. The number of aliphatic hydroxyl groups excluding tert-OH is 1. The number of rotatable bonds is 1. The molecule has 3 nitrogen and oxygen atoms in total. The number of fused-ring (bicyclic) bond motifs is 1. The van der Waals surface area contributed by atoms with Gasteiger partial charge in [0.2, 0.25) is 0 Å². The molecule has 0 bridgehead atoms. The molecule has 0 aliphatic carbocycles. The summed E-state index contributed by atoms with van der Waals surface area (Å²) in [6.07, 6.45) is 1.22. The van der Waals surface area contributed by atoms with E-state index in [0.29, 0.717) is 6.42 Å². The summed E-state index contributed by atoms with van der Waals surface area (Å²) in [5, 5.41) is 10.5. The predicted octanol–water partition coefficient (Wildman–Crippen LogP) is 3.41. The highest BCUT2D eigenvalue weighted by Crippen LogP contribution is 2.50. The smallest absolute Gasteiger partial charge is 0.129 e. The van der Waals surface area contributed by atoms with Crippen molar-refractivity contribution in [2.75, 3.05) is 18.6 Å². The molecule has 20 heavy (non-hydrogen) atoms. The fourth-order valence-electron chi connectivity index (χ4n) is 3.43. The molecule has 4 heteroatoms. The first-order chi connectivity index (χ1) is 9.43. The lowest BCUT2D eigenvalue weighted by Gasteiger charge is -2.48. The Hall–Kier alpha value is -0.870. The van der Waals surface area contributed by atoms with Crippen LogP contribution in [0.5, 0.6) is 11.5 Å². The van der Waals surface area contributed by atoms with E-state index in [9.17, 15) is 5.11 Å². The van der Waals surface area contributed by atoms with Crippen molar-refractivity contribution >= 4 is 11.8 Å². The summed E-state index contributed by atoms with van der Waals surface area (Å²) < 4.78 is 11.6. The number of hydrogen-bond donors (Lipinski definition) is 1. The van der Waals surface area contributed by atoms with Crippen molar-refractivity contribution in [3.05, 3.63) is 23.8 Å². The Labute approximate surface area is 124 Å². The van der Waals surface area contributed by atoms with Crippen molar-refractivity contribution in [3.63, 3.8) is 0 Å². The second-order valence-corrected chi connectivity index (χ2v) is 7.73. The Balaban J connectivity index is 1.94. The molecule has 1 N–H and O–H groups in total. The van der Waals surface area contributed by atoms with Gasteiger partial charge in [-0.15, -0.1) is 0 Å². The third-order valence-electron chi connectivity index (χ3n) is 4.13. The lowest BCUT2D eigenvalue weighted by Crippen LogP contribution is -2.50. The molecule has 1 fully saturated rings. The molecule has 0 radical (unpaired) electrons. The molecule has 1 spiro atoms. The minimum absolute atomic E-state index is 0.245. The molecule has 2 aliphatic rings. The molecule has 0 saturated carbocycles. The summed E-state index contributed by atoms with van der Waals surface area (Å²) in [5.41, 5.74) is 0.884. The summed E-state index contributed by atoms with van der Waals surface area (Å²) in [5.74, 6) is 3.65.